The van der Waals surface area contributed by atoms with Gasteiger partial charge in [-0.3, -0.25) is 4.79 Å². The predicted octanol–water partition coefficient (Wildman–Crippen LogP) is 3.10. The van der Waals surface area contributed by atoms with Crippen LogP contribution in [0, 0.1) is 0 Å². The zero-order valence-corrected chi connectivity index (χ0v) is 12.6. The standard InChI is InChI=1S/C14H11ClF3N3O2/c1-20-5-6-23-11-9(20)3-2-4-10(11)21-12(14(16,17)18)8(7-19-21)13(15)22/h2-4,7H,5-6H2,1H3. The lowest BCUT2D eigenvalue weighted by atomic mass is 10.2. The Labute approximate surface area is 134 Å². The van der Waals surface area contributed by atoms with E-state index in [9.17, 15) is 18.0 Å². The summed E-state index contributed by atoms with van der Waals surface area (Å²) in [5.41, 5.74) is -1.16. The SMILES string of the molecule is CN1CCOc2c1cccc2-n1ncc(C(=O)Cl)c1C(F)(F)F. The van der Waals surface area contributed by atoms with Gasteiger partial charge in [0.25, 0.3) is 5.24 Å². The molecule has 2 aromatic rings. The molecule has 5 nitrogen and oxygen atoms in total. The zero-order chi connectivity index (χ0) is 16.8. The maximum atomic E-state index is 13.4. The second-order valence-corrected chi connectivity index (χ2v) is 5.33. The van der Waals surface area contributed by atoms with Gasteiger partial charge >= 0.3 is 6.18 Å². The molecule has 1 aliphatic rings. The van der Waals surface area contributed by atoms with Crippen LogP contribution in [0.2, 0.25) is 0 Å². The van der Waals surface area contributed by atoms with Crippen molar-refractivity contribution in [2.45, 2.75) is 6.18 Å². The number of hydrogen-bond acceptors (Lipinski definition) is 4. The molecular formula is C14H11ClF3N3O2. The predicted molar refractivity (Wildman–Crippen MR) is 77.5 cm³/mol. The van der Waals surface area contributed by atoms with Crippen LogP contribution >= 0.6 is 11.6 Å². The van der Waals surface area contributed by atoms with E-state index >= 15 is 0 Å². The van der Waals surface area contributed by atoms with Crippen LogP contribution in [0.15, 0.2) is 24.4 Å². The van der Waals surface area contributed by atoms with Gasteiger partial charge < -0.3 is 9.64 Å². The molecular weight excluding hydrogens is 335 g/mol. The number of likely N-dealkylation sites (N-methyl/N-ethyl adjacent to an activating group) is 1. The quantitative estimate of drug-likeness (QED) is 0.785. The first-order chi connectivity index (χ1) is 10.8. The summed E-state index contributed by atoms with van der Waals surface area (Å²) in [4.78, 5) is 13.1. The van der Waals surface area contributed by atoms with E-state index in [0.717, 1.165) is 6.20 Å². The van der Waals surface area contributed by atoms with Crippen LogP contribution in [0.5, 0.6) is 5.75 Å². The Morgan fingerprint density at radius 1 is 1.35 bits per heavy atom. The highest BCUT2D eigenvalue weighted by Crippen LogP contribution is 2.40. The molecule has 23 heavy (non-hydrogen) atoms. The highest BCUT2D eigenvalue weighted by molar-refractivity contribution is 6.67. The molecule has 9 heteroatoms. The monoisotopic (exact) mass is 345 g/mol. The van der Waals surface area contributed by atoms with Crippen molar-refractivity contribution in [3.05, 3.63) is 35.7 Å². The Morgan fingerprint density at radius 2 is 2.04 bits per heavy atom. The second kappa shape index (κ2) is 5.45. The average molecular weight is 346 g/mol. The van der Waals surface area contributed by atoms with Gasteiger partial charge in [-0.25, -0.2) is 4.68 Å². The van der Waals surface area contributed by atoms with Crippen LogP contribution in [0.4, 0.5) is 18.9 Å². The van der Waals surface area contributed by atoms with Gasteiger partial charge in [-0.15, -0.1) is 0 Å². The van der Waals surface area contributed by atoms with Crippen LogP contribution in [-0.4, -0.2) is 35.2 Å². The largest absolute Gasteiger partial charge is 0.487 e. The highest BCUT2D eigenvalue weighted by Gasteiger charge is 2.41. The molecule has 0 bridgehead atoms. The number of carbonyl (C=O) groups excluding carboxylic acids is 1. The molecule has 0 fully saturated rings. The minimum absolute atomic E-state index is 0.102. The third-order valence-electron chi connectivity index (χ3n) is 3.54. The number of carbonyl (C=O) groups is 1. The number of para-hydroxylation sites is 1. The van der Waals surface area contributed by atoms with Crippen molar-refractivity contribution in [1.82, 2.24) is 9.78 Å². The first-order valence-corrected chi connectivity index (χ1v) is 7.01. The Bertz CT molecular complexity index is 773. The van der Waals surface area contributed by atoms with Crippen LogP contribution in [0.3, 0.4) is 0 Å². The summed E-state index contributed by atoms with van der Waals surface area (Å²) >= 11 is 5.25. The van der Waals surface area contributed by atoms with E-state index in [-0.39, 0.29) is 11.4 Å². The third-order valence-corrected chi connectivity index (χ3v) is 3.74. The Hall–Kier alpha value is -2.22. The zero-order valence-electron chi connectivity index (χ0n) is 11.9. The molecule has 0 atom stereocenters. The van der Waals surface area contributed by atoms with Crippen molar-refractivity contribution < 1.29 is 22.7 Å². The molecule has 0 saturated carbocycles. The summed E-state index contributed by atoms with van der Waals surface area (Å²) in [7, 11) is 1.81. The van der Waals surface area contributed by atoms with Gasteiger partial charge in [0.1, 0.15) is 12.3 Å². The summed E-state index contributed by atoms with van der Waals surface area (Å²) < 4.78 is 46.3. The van der Waals surface area contributed by atoms with Crippen molar-refractivity contribution in [1.29, 1.82) is 0 Å². The summed E-state index contributed by atoms with van der Waals surface area (Å²) in [5.74, 6) is 0.281. The number of anilines is 1. The first kappa shape index (κ1) is 15.7. The molecule has 0 amide bonds. The Balaban J connectivity index is 2.25. The number of halogens is 4. The highest BCUT2D eigenvalue weighted by atomic mass is 35.5. The Kier molecular flexibility index (Phi) is 3.71. The molecule has 0 unspecified atom stereocenters. The van der Waals surface area contributed by atoms with Gasteiger partial charge in [0.15, 0.2) is 11.4 Å². The van der Waals surface area contributed by atoms with Gasteiger partial charge in [0.2, 0.25) is 0 Å². The maximum Gasteiger partial charge on any atom is 0.434 e. The number of nitrogens with zero attached hydrogens (tertiary/aromatic N) is 3. The van der Waals surface area contributed by atoms with Gasteiger partial charge in [-0.1, -0.05) is 6.07 Å². The molecule has 122 valence electrons. The van der Waals surface area contributed by atoms with E-state index in [1.165, 1.54) is 6.07 Å². The van der Waals surface area contributed by atoms with Crippen LogP contribution in [0.1, 0.15) is 16.1 Å². The lowest BCUT2D eigenvalue weighted by Gasteiger charge is -2.29. The summed E-state index contributed by atoms with van der Waals surface area (Å²) in [6, 6.07) is 4.79. The summed E-state index contributed by atoms with van der Waals surface area (Å²) in [6.07, 6.45) is -3.98. The average Bonchev–Trinajstić information content (AvgIpc) is 2.92. The molecule has 1 aromatic carbocycles. The third kappa shape index (κ3) is 2.63. The number of aromatic nitrogens is 2. The fourth-order valence-corrected chi connectivity index (χ4v) is 2.62. The number of ether oxygens (including phenoxy) is 1. The molecule has 1 aromatic heterocycles. The first-order valence-electron chi connectivity index (χ1n) is 6.63. The smallest absolute Gasteiger partial charge is 0.434 e. The summed E-state index contributed by atoms with van der Waals surface area (Å²) in [5, 5.41) is 2.48. The van der Waals surface area contributed by atoms with Gasteiger partial charge in [-0.05, 0) is 23.7 Å². The lowest BCUT2D eigenvalue weighted by molar-refractivity contribution is -0.143. The topological polar surface area (TPSA) is 47.4 Å². The van der Waals surface area contributed by atoms with Gasteiger partial charge in [0, 0.05) is 7.05 Å². The van der Waals surface area contributed by atoms with E-state index in [4.69, 9.17) is 16.3 Å². The van der Waals surface area contributed by atoms with E-state index < -0.39 is 22.7 Å². The van der Waals surface area contributed by atoms with Crippen molar-refractivity contribution in [3.8, 4) is 11.4 Å². The van der Waals surface area contributed by atoms with Crippen molar-refractivity contribution >= 4 is 22.5 Å². The van der Waals surface area contributed by atoms with E-state index in [1.807, 2.05) is 11.9 Å². The molecule has 0 N–H and O–H groups in total. The number of fused-ring (bicyclic) bond motifs is 1. The van der Waals surface area contributed by atoms with Gasteiger partial charge in [-0.2, -0.15) is 18.3 Å². The van der Waals surface area contributed by atoms with E-state index in [0.29, 0.717) is 23.5 Å². The lowest BCUT2D eigenvalue weighted by Crippen LogP contribution is -2.29. The minimum atomic E-state index is -4.79. The van der Waals surface area contributed by atoms with Crippen LogP contribution in [-0.2, 0) is 6.18 Å². The fraction of sp³-hybridized carbons (Fsp3) is 0.286. The molecule has 1 aliphatic heterocycles. The molecule has 2 heterocycles. The molecule has 0 spiro atoms. The molecule has 0 saturated heterocycles. The minimum Gasteiger partial charge on any atom is -0.487 e. The van der Waals surface area contributed by atoms with Crippen molar-refractivity contribution in [2.75, 3.05) is 25.1 Å². The van der Waals surface area contributed by atoms with Gasteiger partial charge in [0.05, 0.1) is 24.0 Å². The summed E-state index contributed by atoms with van der Waals surface area (Å²) in [6.45, 7) is 0.956. The van der Waals surface area contributed by atoms with E-state index in [1.54, 1.807) is 12.1 Å². The number of rotatable bonds is 2. The van der Waals surface area contributed by atoms with E-state index in [2.05, 4.69) is 5.10 Å². The van der Waals surface area contributed by atoms with Crippen molar-refractivity contribution in [3.63, 3.8) is 0 Å². The fourth-order valence-electron chi connectivity index (χ4n) is 2.48. The van der Waals surface area contributed by atoms with Crippen LogP contribution in [0.25, 0.3) is 5.69 Å². The second-order valence-electron chi connectivity index (χ2n) is 4.99. The number of alkyl halides is 3. The molecule has 3 rings (SSSR count). The molecule has 0 radical (unpaired) electrons. The maximum absolute atomic E-state index is 13.4. The molecule has 0 aliphatic carbocycles. The normalized spacial score (nSPS) is 14.4. The number of benzene rings is 1. The van der Waals surface area contributed by atoms with Crippen LogP contribution < -0.4 is 9.64 Å². The Morgan fingerprint density at radius 3 is 2.70 bits per heavy atom. The van der Waals surface area contributed by atoms with Crippen molar-refractivity contribution in [2.24, 2.45) is 0 Å². The number of hydrogen-bond donors (Lipinski definition) is 0.